The van der Waals surface area contributed by atoms with Crippen LogP contribution in [0.3, 0.4) is 0 Å². The number of aliphatic carboxylic acids is 1. The maximum Gasteiger partial charge on any atom is 0.307 e. The molecule has 0 radical (unpaired) electrons. The van der Waals surface area contributed by atoms with Crippen LogP contribution < -0.4 is 0 Å². The number of benzene rings is 2. The lowest BCUT2D eigenvalue weighted by molar-refractivity contribution is -0.136. The van der Waals surface area contributed by atoms with Crippen molar-refractivity contribution in [3.8, 4) is 0 Å². The molecule has 0 spiro atoms. The topological polar surface area (TPSA) is 71.4 Å². The number of carbonyl (C=O) groups is 1. The number of sulfone groups is 1. The number of carboxylic acids is 1. The summed E-state index contributed by atoms with van der Waals surface area (Å²) in [5, 5.41) is 9.39. The van der Waals surface area contributed by atoms with Crippen LogP contribution in [0.1, 0.15) is 5.56 Å². The molecule has 0 amide bonds. The highest BCUT2D eigenvalue weighted by atomic mass is 35.5. The third-order valence-corrected chi connectivity index (χ3v) is 6.46. The summed E-state index contributed by atoms with van der Waals surface area (Å²) >= 11 is 7.10. The van der Waals surface area contributed by atoms with Gasteiger partial charge in [-0.3, -0.25) is 4.79 Å². The van der Waals surface area contributed by atoms with Crippen LogP contribution >= 0.6 is 23.4 Å². The Morgan fingerprint density at radius 3 is 2.39 bits per heavy atom. The van der Waals surface area contributed by atoms with E-state index in [0.29, 0.717) is 16.3 Å². The Kier molecular flexibility index (Phi) is 6.10. The molecule has 2 rings (SSSR count). The van der Waals surface area contributed by atoms with Crippen LogP contribution in [0.25, 0.3) is 0 Å². The number of rotatable bonds is 7. The Balaban J connectivity index is 2.02. The highest BCUT2D eigenvalue weighted by Gasteiger charge is 2.15. The second-order valence-electron chi connectivity index (χ2n) is 4.80. The van der Waals surface area contributed by atoms with E-state index in [4.69, 9.17) is 16.7 Å². The third-order valence-electron chi connectivity index (χ3n) is 3.10. The number of halogens is 1. The molecule has 0 heterocycles. The number of carboxylic acid groups (broad SMARTS) is 1. The molecule has 7 heteroatoms. The first-order valence-electron chi connectivity index (χ1n) is 6.79. The molecule has 0 aromatic heterocycles. The van der Waals surface area contributed by atoms with Gasteiger partial charge in [0.05, 0.1) is 17.1 Å². The van der Waals surface area contributed by atoms with Crippen molar-refractivity contribution in [3.63, 3.8) is 0 Å². The van der Waals surface area contributed by atoms with Crippen LogP contribution in [0.2, 0.25) is 5.02 Å². The van der Waals surface area contributed by atoms with Crippen molar-refractivity contribution in [2.24, 2.45) is 0 Å². The van der Waals surface area contributed by atoms with E-state index in [-0.39, 0.29) is 17.1 Å². The van der Waals surface area contributed by atoms with Gasteiger partial charge in [0.1, 0.15) is 0 Å². The summed E-state index contributed by atoms with van der Waals surface area (Å²) in [6.45, 7) is 0. The molecule has 1 N–H and O–H groups in total. The van der Waals surface area contributed by atoms with Crippen LogP contribution in [0.15, 0.2) is 58.3 Å². The molecule has 0 bridgehead atoms. The van der Waals surface area contributed by atoms with Gasteiger partial charge in [0.2, 0.25) is 0 Å². The summed E-state index contributed by atoms with van der Waals surface area (Å²) in [5.74, 6) is -0.589. The lowest BCUT2D eigenvalue weighted by Crippen LogP contribution is -2.09. The van der Waals surface area contributed by atoms with E-state index in [1.165, 1.54) is 23.9 Å². The van der Waals surface area contributed by atoms with E-state index in [0.717, 1.165) is 4.90 Å². The Morgan fingerprint density at radius 2 is 1.74 bits per heavy atom. The second kappa shape index (κ2) is 7.86. The van der Waals surface area contributed by atoms with Gasteiger partial charge in [-0.2, -0.15) is 0 Å². The molecular weight excluding hydrogens is 356 g/mol. The molecule has 23 heavy (non-hydrogen) atoms. The molecule has 0 saturated carbocycles. The van der Waals surface area contributed by atoms with Gasteiger partial charge in [0.25, 0.3) is 0 Å². The average molecular weight is 371 g/mol. The van der Waals surface area contributed by atoms with E-state index >= 15 is 0 Å². The smallest absolute Gasteiger partial charge is 0.307 e. The Morgan fingerprint density at radius 1 is 1.09 bits per heavy atom. The maximum absolute atomic E-state index is 12.2. The Bertz CT molecular complexity index is 786. The van der Waals surface area contributed by atoms with Gasteiger partial charge in [-0.05, 0) is 35.9 Å². The maximum atomic E-state index is 12.2. The minimum absolute atomic E-state index is 0.0271. The monoisotopic (exact) mass is 370 g/mol. The van der Waals surface area contributed by atoms with Gasteiger partial charge in [-0.1, -0.05) is 29.8 Å². The van der Waals surface area contributed by atoms with Crippen molar-refractivity contribution < 1.29 is 18.3 Å². The number of thioether (sulfide) groups is 1. The fraction of sp³-hybridized carbons (Fsp3) is 0.188. The van der Waals surface area contributed by atoms with Crippen molar-refractivity contribution >= 4 is 39.2 Å². The molecule has 0 fully saturated rings. The van der Waals surface area contributed by atoms with Gasteiger partial charge < -0.3 is 5.11 Å². The zero-order valence-corrected chi connectivity index (χ0v) is 14.5. The molecule has 0 aliphatic heterocycles. The van der Waals surface area contributed by atoms with Crippen molar-refractivity contribution in [1.29, 1.82) is 0 Å². The molecular formula is C16H15ClO4S2. The van der Waals surface area contributed by atoms with Crippen LogP contribution in [-0.2, 0) is 21.1 Å². The molecule has 0 saturated heterocycles. The Labute approximate surface area is 144 Å². The summed E-state index contributed by atoms with van der Waals surface area (Å²) in [7, 11) is -3.38. The highest BCUT2D eigenvalue weighted by Crippen LogP contribution is 2.24. The Hall–Kier alpha value is -1.50. The normalized spacial score (nSPS) is 11.3. The number of hydrogen-bond acceptors (Lipinski definition) is 4. The number of hydrogen-bond donors (Lipinski definition) is 1. The average Bonchev–Trinajstić information content (AvgIpc) is 2.49. The predicted octanol–water partition coefficient (Wildman–Crippen LogP) is 3.53. The quantitative estimate of drug-likeness (QED) is 0.755. The summed E-state index contributed by atoms with van der Waals surface area (Å²) in [5.41, 5.74) is 0.689. The second-order valence-corrected chi connectivity index (χ2v) is 8.48. The van der Waals surface area contributed by atoms with Gasteiger partial charge in [0.15, 0.2) is 9.84 Å². The third kappa shape index (κ3) is 5.27. The van der Waals surface area contributed by atoms with E-state index in [1.807, 2.05) is 0 Å². The molecule has 2 aromatic rings. The van der Waals surface area contributed by atoms with Crippen molar-refractivity contribution in [3.05, 3.63) is 59.1 Å². The van der Waals surface area contributed by atoms with Crippen LogP contribution in [-0.4, -0.2) is 31.0 Å². The first kappa shape index (κ1) is 17.8. The largest absolute Gasteiger partial charge is 0.481 e. The zero-order valence-electron chi connectivity index (χ0n) is 12.1. The lowest BCUT2D eigenvalue weighted by atomic mass is 10.1. The van der Waals surface area contributed by atoms with Crippen LogP contribution in [0.4, 0.5) is 0 Å². The van der Waals surface area contributed by atoms with E-state index in [1.54, 1.807) is 36.4 Å². The first-order valence-corrected chi connectivity index (χ1v) is 9.81. The minimum atomic E-state index is -3.38. The minimum Gasteiger partial charge on any atom is -0.481 e. The van der Waals surface area contributed by atoms with Crippen molar-refractivity contribution in [2.75, 3.05) is 11.5 Å². The SMILES string of the molecule is O=C(O)Cc1ccccc1SCCS(=O)(=O)c1ccc(Cl)cc1. The molecule has 0 aliphatic rings. The molecule has 0 unspecified atom stereocenters. The van der Waals surface area contributed by atoms with E-state index in [9.17, 15) is 13.2 Å². The van der Waals surface area contributed by atoms with Crippen LogP contribution in [0.5, 0.6) is 0 Å². The summed E-state index contributed by atoms with van der Waals surface area (Å²) in [6.07, 6.45) is -0.0763. The summed E-state index contributed by atoms with van der Waals surface area (Å²) in [6, 6.07) is 13.2. The van der Waals surface area contributed by atoms with Crippen molar-refractivity contribution in [1.82, 2.24) is 0 Å². The standard InChI is InChI=1S/C16H15ClO4S2/c17-13-5-7-14(8-6-13)23(20,21)10-9-22-15-4-2-1-3-12(15)11-16(18)19/h1-8H,9-11H2,(H,18,19). The molecule has 4 nitrogen and oxygen atoms in total. The van der Waals surface area contributed by atoms with E-state index < -0.39 is 15.8 Å². The van der Waals surface area contributed by atoms with Crippen LogP contribution in [0, 0.1) is 0 Å². The summed E-state index contributed by atoms with van der Waals surface area (Å²) < 4.78 is 24.5. The first-order chi connectivity index (χ1) is 10.9. The molecule has 0 atom stereocenters. The van der Waals surface area contributed by atoms with Gasteiger partial charge >= 0.3 is 5.97 Å². The molecule has 0 aliphatic carbocycles. The molecule has 122 valence electrons. The highest BCUT2D eigenvalue weighted by molar-refractivity contribution is 8.00. The van der Waals surface area contributed by atoms with Gasteiger partial charge in [-0.15, -0.1) is 11.8 Å². The summed E-state index contributed by atoms with van der Waals surface area (Å²) in [4.78, 5) is 11.9. The van der Waals surface area contributed by atoms with Crippen molar-refractivity contribution in [2.45, 2.75) is 16.2 Å². The van der Waals surface area contributed by atoms with E-state index in [2.05, 4.69) is 0 Å². The fourth-order valence-corrected chi connectivity index (χ4v) is 4.82. The lowest BCUT2D eigenvalue weighted by Gasteiger charge is -2.08. The predicted molar refractivity (Wildman–Crippen MR) is 92.0 cm³/mol. The zero-order chi connectivity index (χ0) is 16.9. The fourth-order valence-electron chi connectivity index (χ4n) is 1.97. The van der Waals surface area contributed by atoms with Gasteiger partial charge in [0, 0.05) is 15.7 Å². The van der Waals surface area contributed by atoms with Gasteiger partial charge in [-0.25, -0.2) is 8.42 Å². The molecule has 2 aromatic carbocycles.